The Labute approximate surface area is 113 Å². The third-order valence-electron chi connectivity index (χ3n) is 3.28. The van der Waals surface area contributed by atoms with E-state index in [1.165, 1.54) is 10.4 Å². The second-order valence-corrected chi connectivity index (χ2v) is 6.15. The Bertz CT molecular complexity index is 400. The molecule has 0 spiro atoms. The van der Waals surface area contributed by atoms with E-state index in [1.54, 1.807) is 0 Å². The Morgan fingerprint density at radius 3 is 3.17 bits per heavy atom. The molecule has 0 atom stereocenters. The highest BCUT2D eigenvalue weighted by Crippen LogP contribution is 2.24. The number of nitrogens with zero attached hydrogens (tertiary/aromatic N) is 1. The van der Waals surface area contributed by atoms with Crippen LogP contribution in [0.25, 0.3) is 0 Å². The Balaban J connectivity index is 1.74. The first-order chi connectivity index (χ1) is 8.66. The zero-order valence-corrected chi connectivity index (χ0v) is 12.1. The van der Waals surface area contributed by atoms with Gasteiger partial charge in [-0.2, -0.15) is 0 Å². The second-order valence-electron chi connectivity index (χ2n) is 5.15. The lowest BCUT2D eigenvalue weighted by molar-refractivity contribution is -0.132. The largest absolute Gasteiger partial charge is 0.338 e. The van der Waals surface area contributed by atoms with Gasteiger partial charge in [0.15, 0.2) is 0 Å². The van der Waals surface area contributed by atoms with Crippen molar-refractivity contribution in [3.8, 4) is 0 Å². The summed E-state index contributed by atoms with van der Waals surface area (Å²) in [5, 5.41) is 5.48. The van der Waals surface area contributed by atoms with Crippen LogP contribution in [-0.4, -0.2) is 29.9 Å². The molecule has 2 rings (SSSR count). The number of hydrogen-bond acceptors (Lipinski definition) is 3. The van der Waals surface area contributed by atoms with Crippen LogP contribution in [0.1, 0.15) is 37.1 Å². The maximum Gasteiger partial charge on any atom is 0.222 e. The van der Waals surface area contributed by atoms with Crippen LogP contribution < -0.4 is 5.32 Å². The third kappa shape index (κ3) is 3.56. The predicted octanol–water partition coefficient (Wildman–Crippen LogP) is 2.41. The van der Waals surface area contributed by atoms with Crippen molar-refractivity contribution in [1.29, 1.82) is 0 Å². The number of thiophene rings is 1. The number of rotatable bonds is 5. The third-order valence-corrected chi connectivity index (χ3v) is 4.30. The van der Waals surface area contributed by atoms with Crippen molar-refractivity contribution >= 4 is 17.2 Å². The van der Waals surface area contributed by atoms with Gasteiger partial charge in [0.2, 0.25) is 5.91 Å². The standard InChI is InChI=1S/C14H22N2OS/c1-11(2)15-7-3-4-14(17)16-8-5-13-12(10-16)6-9-18-13/h6,9,11,15H,3-5,7-8,10H2,1-2H3. The van der Waals surface area contributed by atoms with Gasteiger partial charge >= 0.3 is 0 Å². The first-order valence-electron chi connectivity index (χ1n) is 6.73. The topological polar surface area (TPSA) is 32.3 Å². The van der Waals surface area contributed by atoms with Gasteiger partial charge in [0.05, 0.1) is 0 Å². The summed E-state index contributed by atoms with van der Waals surface area (Å²) in [5.41, 5.74) is 1.35. The zero-order valence-electron chi connectivity index (χ0n) is 11.2. The molecule has 1 aliphatic heterocycles. The van der Waals surface area contributed by atoms with Crippen LogP contribution in [0.3, 0.4) is 0 Å². The molecule has 100 valence electrons. The van der Waals surface area contributed by atoms with Gasteiger partial charge in [0.25, 0.3) is 0 Å². The minimum atomic E-state index is 0.303. The van der Waals surface area contributed by atoms with E-state index in [0.29, 0.717) is 18.4 Å². The molecule has 0 bridgehead atoms. The number of fused-ring (bicyclic) bond motifs is 1. The summed E-state index contributed by atoms with van der Waals surface area (Å²) in [5.74, 6) is 0.303. The molecule has 0 fully saturated rings. The van der Waals surface area contributed by atoms with Gasteiger partial charge in [-0.05, 0) is 36.4 Å². The molecule has 4 heteroatoms. The van der Waals surface area contributed by atoms with E-state index in [-0.39, 0.29) is 0 Å². The van der Waals surface area contributed by atoms with Crippen LogP contribution in [0.4, 0.5) is 0 Å². The van der Waals surface area contributed by atoms with Crippen molar-refractivity contribution < 1.29 is 4.79 Å². The average Bonchev–Trinajstić information content (AvgIpc) is 2.81. The van der Waals surface area contributed by atoms with Gasteiger partial charge in [0, 0.05) is 30.4 Å². The highest BCUT2D eigenvalue weighted by molar-refractivity contribution is 7.10. The molecule has 1 N–H and O–H groups in total. The van der Waals surface area contributed by atoms with Crippen LogP contribution in [0, 0.1) is 0 Å². The molecule has 1 aromatic heterocycles. The van der Waals surface area contributed by atoms with Gasteiger partial charge in [0.1, 0.15) is 0 Å². The smallest absolute Gasteiger partial charge is 0.222 e. The van der Waals surface area contributed by atoms with Crippen molar-refractivity contribution in [3.63, 3.8) is 0 Å². The molecule has 3 nitrogen and oxygen atoms in total. The van der Waals surface area contributed by atoms with Crippen molar-refractivity contribution in [1.82, 2.24) is 10.2 Å². The van der Waals surface area contributed by atoms with Crippen LogP contribution in [0.2, 0.25) is 0 Å². The number of nitrogens with one attached hydrogen (secondary N) is 1. The molecule has 0 aliphatic carbocycles. The zero-order chi connectivity index (χ0) is 13.0. The second kappa shape index (κ2) is 6.34. The fourth-order valence-electron chi connectivity index (χ4n) is 2.25. The van der Waals surface area contributed by atoms with Crippen LogP contribution in [0.5, 0.6) is 0 Å². The molecule has 18 heavy (non-hydrogen) atoms. The minimum absolute atomic E-state index is 0.303. The fourth-order valence-corrected chi connectivity index (χ4v) is 3.14. The molecule has 0 unspecified atom stereocenters. The SMILES string of the molecule is CC(C)NCCCC(=O)N1CCc2sccc2C1. The van der Waals surface area contributed by atoms with Crippen molar-refractivity contribution in [3.05, 3.63) is 21.9 Å². The van der Waals surface area contributed by atoms with E-state index in [4.69, 9.17) is 0 Å². The highest BCUT2D eigenvalue weighted by atomic mass is 32.1. The fraction of sp³-hybridized carbons (Fsp3) is 0.643. The molecule has 0 aromatic carbocycles. The monoisotopic (exact) mass is 266 g/mol. The molecule has 0 saturated carbocycles. The minimum Gasteiger partial charge on any atom is -0.338 e. The van der Waals surface area contributed by atoms with Gasteiger partial charge in [-0.15, -0.1) is 11.3 Å². The lowest BCUT2D eigenvalue weighted by Gasteiger charge is -2.27. The quantitative estimate of drug-likeness (QED) is 0.830. The summed E-state index contributed by atoms with van der Waals surface area (Å²) < 4.78 is 0. The number of carbonyl (C=O) groups excluding carboxylic acids is 1. The van der Waals surface area contributed by atoms with Crippen LogP contribution in [-0.2, 0) is 17.8 Å². The van der Waals surface area contributed by atoms with Crippen molar-refractivity contribution in [2.75, 3.05) is 13.1 Å². The van der Waals surface area contributed by atoms with E-state index in [9.17, 15) is 4.79 Å². The average molecular weight is 266 g/mol. The van der Waals surface area contributed by atoms with E-state index in [1.807, 2.05) is 16.2 Å². The first-order valence-corrected chi connectivity index (χ1v) is 7.61. The van der Waals surface area contributed by atoms with Crippen LogP contribution in [0.15, 0.2) is 11.4 Å². The molecule has 1 aromatic rings. The summed E-state index contributed by atoms with van der Waals surface area (Å²) in [6.07, 6.45) is 2.63. The Morgan fingerprint density at radius 1 is 1.56 bits per heavy atom. The van der Waals surface area contributed by atoms with Crippen LogP contribution >= 0.6 is 11.3 Å². The summed E-state index contributed by atoms with van der Waals surface area (Å²) >= 11 is 1.82. The lowest BCUT2D eigenvalue weighted by atomic mass is 10.1. The van der Waals surface area contributed by atoms with Crippen molar-refractivity contribution in [2.45, 2.75) is 45.7 Å². The van der Waals surface area contributed by atoms with Gasteiger partial charge in [-0.3, -0.25) is 4.79 Å². The molecule has 1 amide bonds. The van der Waals surface area contributed by atoms with Gasteiger partial charge in [-0.1, -0.05) is 13.8 Å². The predicted molar refractivity (Wildman–Crippen MR) is 75.8 cm³/mol. The Morgan fingerprint density at radius 2 is 2.39 bits per heavy atom. The molecule has 0 radical (unpaired) electrons. The Kier molecular flexibility index (Phi) is 4.78. The molecular weight excluding hydrogens is 244 g/mol. The van der Waals surface area contributed by atoms with Gasteiger partial charge < -0.3 is 10.2 Å². The molecule has 1 aliphatic rings. The number of amides is 1. The maximum atomic E-state index is 12.1. The summed E-state index contributed by atoms with van der Waals surface area (Å²) in [7, 11) is 0. The first kappa shape index (κ1) is 13.6. The number of hydrogen-bond donors (Lipinski definition) is 1. The van der Waals surface area contributed by atoms with E-state index >= 15 is 0 Å². The lowest BCUT2D eigenvalue weighted by Crippen LogP contribution is -2.35. The molecule has 2 heterocycles. The van der Waals surface area contributed by atoms with E-state index < -0.39 is 0 Å². The summed E-state index contributed by atoms with van der Waals surface area (Å²) in [6, 6.07) is 2.66. The molecule has 0 saturated heterocycles. The molecular formula is C14H22N2OS. The summed E-state index contributed by atoms with van der Waals surface area (Å²) in [4.78, 5) is 15.5. The van der Waals surface area contributed by atoms with Gasteiger partial charge in [-0.25, -0.2) is 0 Å². The maximum absolute atomic E-state index is 12.1. The van der Waals surface area contributed by atoms with E-state index in [2.05, 4.69) is 30.6 Å². The van der Waals surface area contributed by atoms with Crippen molar-refractivity contribution in [2.24, 2.45) is 0 Å². The highest BCUT2D eigenvalue weighted by Gasteiger charge is 2.20. The van der Waals surface area contributed by atoms with E-state index in [0.717, 1.165) is 32.5 Å². The Hall–Kier alpha value is -0.870. The normalized spacial score (nSPS) is 14.9. The summed E-state index contributed by atoms with van der Waals surface area (Å²) in [6.45, 7) is 6.90. The number of carbonyl (C=O) groups is 1.